The molecule has 2 aromatic rings. The van der Waals surface area contributed by atoms with E-state index in [1.54, 1.807) is 6.20 Å². The van der Waals surface area contributed by atoms with Gasteiger partial charge >= 0.3 is 5.97 Å². The fraction of sp³-hybridized carbons (Fsp3) is 0.167. The Hall–Kier alpha value is -1.82. The van der Waals surface area contributed by atoms with Crippen molar-refractivity contribution in [2.75, 3.05) is 0 Å². The summed E-state index contributed by atoms with van der Waals surface area (Å²) >= 11 is 3.11. The number of hydrogen-bond acceptors (Lipinski definition) is 4. The van der Waals surface area contributed by atoms with Crippen LogP contribution in [-0.2, 0) is 6.42 Å². The van der Waals surface area contributed by atoms with E-state index in [4.69, 9.17) is 5.11 Å². The maximum atomic E-state index is 11.0. The average Bonchev–Trinajstić information content (AvgIpc) is 2.39. The van der Waals surface area contributed by atoms with Crippen LogP contribution in [0.15, 0.2) is 29.0 Å². The minimum absolute atomic E-state index is 0.0623. The summed E-state index contributed by atoms with van der Waals surface area (Å²) in [6.45, 7) is 2.00. The van der Waals surface area contributed by atoms with E-state index in [1.165, 1.54) is 6.20 Å². The molecule has 0 unspecified atom stereocenters. The molecule has 0 atom stereocenters. The van der Waals surface area contributed by atoms with E-state index in [1.807, 2.05) is 19.1 Å². The van der Waals surface area contributed by atoms with Crippen LogP contribution < -0.4 is 0 Å². The van der Waals surface area contributed by atoms with Gasteiger partial charge in [0.05, 0.1) is 4.47 Å². The maximum absolute atomic E-state index is 11.0. The quantitative estimate of drug-likeness (QED) is 0.943. The van der Waals surface area contributed by atoms with Gasteiger partial charge in [-0.3, -0.25) is 4.98 Å². The van der Waals surface area contributed by atoms with Crippen LogP contribution in [0.25, 0.3) is 11.5 Å². The number of aryl methyl sites for hydroxylation is 1. The fourth-order valence-corrected chi connectivity index (χ4v) is 1.92. The summed E-state index contributed by atoms with van der Waals surface area (Å²) < 4.78 is 0.354. The number of pyridine rings is 1. The smallest absolute Gasteiger partial charge is 0.355 e. The van der Waals surface area contributed by atoms with E-state index in [2.05, 4.69) is 30.9 Å². The third kappa shape index (κ3) is 2.38. The Labute approximate surface area is 112 Å². The lowest BCUT2D eigenvalue weighted by Gasteiger charge is -2.06. The third-order valence-corrected chi connectivity index (χ3v) is 3.01. The molecule has 0 bridgehead atoms. The normalized spacial score (nSPS) is 10.3. The van der Waals surface area contributed by atoms with Gasteiger partial charge in [-0.2, -0.15) is 0 Å². The van der Waals surface area contributed by atoms with Crippen LogP contribution in [0.3, 0.4) is 0 Å². The molecule has 18 heavy (non-hydrogen) atoms. The topological polar surface area (TPSA) is 76.0 Å². The molecule has 0 amide bonds. The summed E-state index contributed by atoms with van der Waals surface area (Å²) in [5, 5.41) is 9.02. The second kappa shape index (κ2) is 5.22. The predicted molar refractivity (Wildman–Crippen MR) is 69.3 cm³/mol. The SMILES string of the molecule is CCc1cccnc1-c1ncc(Br)c(C(=O)O)n1. The third-order valence-electron chi connectivity index (χ3n) is 2.43. The fourth-order valence-electron chi connectivity index (χ4n) is 1.56. The number of hydrogen-bond donors (Lipinski definition) is 1. The first-order valence-electron chi connectivity index (χ1n) is 5.33. The van der Waals surface area contributed by atoms with E-state index >= 15 is 0 Å². The highest BCUT2D eigenvalue weighted by atomic mass is 79.9. The van der Waals surface area contributed by atoms with Gasteiger partial charge in [0.2, 0.25) is 0 Å². The number of aromatic nitrogens is 3. The lowest BCUT2D eigenvalue weighted by atomic mass is 10.1. The average molecular weight is 308 g/mol. The van der Waals surface area contributed by atoms with E-state index in [-0.39, 0.29) is 5.69 Å². The van der Waals surface area contributed by atoms with Crippen molar-refractivity contribution in [3.05, 3.63) is 40.3 Å². The van der Waals surface area contributed by atoms with Crippen molar-refractivity contribution in [2.24, 2.45) is 0 Å². The van der Waals surface area contributed by atoms with Gasteiger partial charge in [0, 0.05) is 12.4 Å². The molecule has 92 valence electrons. The first kappa shape index (κ1) is 12.6. The number of rotatable bonds is 3. The highest BCUT2D eigenvalue weighted by molar-refractivity contribution is 9.10. The van der Waals surface area contributed by atoms with Crippen molar-refractivity contribution in [3.63, 3.8) is 0 Å². The molecule has 1 N–H and O–H groups in total. The summed E-state index contributed by atoms with van der Waals surface area (Å²) in [7, 11) is 0. The van der Waals surface area contributed by atoms with Crippen molar-refractivity contribution in [1.29, 1.82) is 0 Å². The van der Waals surface area contributed by atoms with Crippen LogP contribution in [0.5, 0.6) is 0 Å². The summed E-state index contributed by atoms with van der Waals surface area (Å²) in [4.78, 5) is 23.4. The van der Waals surface area contributed by atoms with Crippen LogP contribution in [0.1, 0.15) is 23.0 Å². The molecule has 0 spiro atoms. The molecule has 2 heterocycles. The standard InChI is InChI=1S/C12H10BrN3O2/c1-2-7-4-3-5-14-9(7)11-15-6-8(13)10(16-11)12(17)18/h3-6H,2H2,1H3,(H,17,18). The van der Waals surface area contributed by atoms with Crippen molar-refractivity contribution in [2.45, 2.75) is 13.3 Å². The van der Waals surface area contributed by atoms with Gasteiger partial charge in [-0.1, -0.05) is 13.0 Å². The second-order valence-corrected chi connectivity index (χ2v) is 4.41. The van der Waals surface area contributed by atoms with Gasteiger partial charge in [-0.15, -0.1) is 0 Å². The van der Waals surface area contributed by atoms with Gasteiger partial charge in [-0.25, -0.2) is 14.8 Å². The lowest BCUT2D eigenvalue weighted by Crippen LogP contribution is -2.05. The zero-order chi connectivity index (χ0) is 13.1. The minimum atomic E-state index is -1.10. The van der Waals surface area contributed by atoms with Crippen molar-refractivity contribution in [1.82, 2.24) is 15.0 Å². The first-order chi connectivity index (χ1) is 8.63. The molecule has 0 aliphatic carbocycles. The molecule has 0 saturated carbocycles. The minimum Gasteiger partial charge on any atom is -0.476 e. The first-order valence-corrected chi connectivity index (χ1v) is 6.13. The van der Waals surface area contributed by atoms with E-state index < -0.39 is 5.97 Å². The van der Waals surface area contributed by atoms with Gasteiger partial charge in [0.15, 0.2) is 11.5 Å². The monoisotopic (exact) mass is 307 g/mol. The molecule has 0 radical (unpaired) electrons. The number of nitrogens with zero attached hydrogens (tertiary/aromatic N) is 3. The van der Waals surface area contributed by atoms with Gasteiger partial charge in [0.1, 0.15) is 5.69 Å². The largest absolute Gasteiger partial charge is 0.476 e. The van der Waals surface area contributed by atoms with Crippen LogP contribution in [-0.4, -0.2) is 26.0 Å². The van der Waals surface area contributed by atoms with Crippen LogP contribution in [0, 0.1) is 0 Å². The molecular formula is C12H10BrN3O2. The number of carbonyl (C=O) groups is 1. The number of halogens is 1. The Morgan fingerprint density at radius 3 is 2.89 bits per heavy atom. The Morgan fingerprint density at radius 1 is 1.44 bits per heavy atom. The molecule has 0 fully saturated rings. The molecule has 0 aliphatic rings. The summed E-state index contributed by atoms with van der Waals surface area (Å²) in [6.07, 6.45) is 3.85. The van der Waals surface area contributed by atoms with E-state index in [0.717, 1.165) is 12.0 Å². The Bertz CT molecular complexity index is 602. The lowest BCUT2D eigenvalue weighted by molar-refractivity contribution is 0.0689. The van der Waals surface area contributed by atoms with Crippen LogP contribution in [0.2, 0.25) is 0 Å². The Kier molecular flexibility index (Phi) is 3.66. The highest BCUT2D eigenvalue weighted by Crippen LogP contribution is 2.21. The zero-order valence-corrected chi connectivity index (χ0v) is 11.2. The number of carboxylic acid groups (broad SMARTS) is 1. The van der Waals surface area contributed by atoms with E-state index in [9.17, 15) is 4.79 Å². The molecule has 0 aromatic carbocycles. The van der Waals surface area contributed by atoms with Gasteiger partial charge in [-0.05, 0) is 34.0 Å². The van der Waals surface area contributed by atoms with Crippen molar-refractivity contribution < 1.29 is 9.90 Å². The van der Waals surface area contributed by atoms with Crippen molar-refractivity contribution in [3.8, 4) is 11.5 Å². The summed E-state index contributed by atoms with van der Waals surface area (Å²) in [6, 6.07) is 3.76. The highest BCUT2D eigenvalue weighted by Gasteiger charge is 2.15. The van der Waals surface area contributed by atoms with Gasteiger partial charge in [0.25, 0.3) is 0 Å². The molecule has 0 saturated heterocycles. The van der Waals surface area contributed by atoms with E-state index in [0.29, 0.717) is 16.0 Å². The molecule has 0 aliphatic heterocycles. The van der Waals surface area contributed by atoms with Crippen LogP contribution >= 0.6 is 15.9 Å². The number of aromatic carboxylic acids is 1. The second-order valence-electron chi connectivity index (χ2n) is 3.56. The maximum Gasteiger partial charge on any atom is 0.355 e. The molecular weight excluding hydrogens is 298 g/mol. The Balaban J connectivity index is 2.58. The summed E-state index contributed by atoms with van der Waals surface area (Å²) in [5.41, 5.74) is 1.54. The summed E-state index contributed by atoms with van der Waals surface area (Å²) in [5.74, 6) is -0.771. The Morgan fingerprint density at radius 2 is 2.22 bits per heavy atom. The zero-order valence-electron chi connectivity index (χ0n) is 9.59. The molecule has 2 rings (SSSR count). The predicted octanol–water partition coefficient (Wildman–Crippen LogP) is 2.56. The molecule has 2 aromatic heterocycles. The van der Waals surface area contributed by atoms with Gasteiger partial charge < -0.3 is 5.11 Å². The van der Waals surface area contributed by atoms with Crippen molar-refractivity contribution >= 4 is 21.9 Å². The van der Waals surface area contributed by atoms with Crippen LogP contribution in [0.4, 0.5) is 0 Å². The number of carboxylic acids is 1. The molecule has 6 heteroatoms. The molecule has 5 nitrogen and oxygen atoms in total.